The number of aromatic nitrogens is 2. The van der Waals surface area contributed by atoms with E-state index in [0.29, 0.717) is 17.7 Å². The van der Waals surface area contributed by atoms with Gasteiger partial charge in [-0.25, -0.2) is 0 Å². The number of aryl methyl sites for hydroxylation is 2. The Balaban J connectivity index is 1.81. The highest BCUT2D eigenvalue weighted by Gasteiger charge is 2.22. The van der Waals surface area contributed by atoms with Crippen LogP contribution in [0.4, 0.5) is 0 Å². The summed E-state index contributed by atoms with van der Waals surface area (Å²) >= 11 is 0. The average Bonchev–Trinajstić information content (AvgIpc) is 3.04. The van der Waals surface area contributed by atoms with Crippen molar-refractivity contribution in [1.29, 1.82) is 0 Å². The molecule has 2 heterocycles. The maximum atomic E-state index is 5.95. The summed E-state index contributed by atoms with van der Waals surface area (Å²) in [6.07, 6.45) is 2.11. The molecule has 1 aromatic heterocycles. The minimum atomic E-state index is 0.378. The van der Waals surface area contributed by atoms with E-state index in [1.165, 1.54) is 0 Å². The van der Waals surface area contributed by atoms with Gasteiger partial charge in [-0.15, -0.1) is 0 Å². The Morgan fingerprint density at radius 2 is 1.88 bits per heavy atom. The Morgan fingerprint density at radius 3 is 2.50 bits per heavy atom. The lowest BCUT2D eigenvalue weighted by atomic mass is 9.98. The van der Waals surface area contributed by atoms with E-state index < -0.39 is 0 Å². The molecule has 0 bridgehead atoms. The Labute approximate surface area is 143 Å². The summed E-state index contributed by atoms with van der Waals surface area (Å²) in [5.41, 5.74) is 3.21. The Bertz CT molecular complexity index is 665. The van der Waals surface area contributed by atoms with Crippen LogP contribution in [0.1, 0.15) is 49.6 Å². The lowest BCUT2D eigenvalue weighted by molar-refractivity contribution is 0.268. The number of nitrogens with zero attached hydrogens (tertiary/aromatic N) is 2. The third kappa shape index (κ3) is 3.78. The SMILES string of the molecule is Cc1cc(-c2noc(C3CCNCC3)n2)cc(C)c1OCC(C)C. The van der Waals surface area contributed by atoms with Gasteiger partial charge >= 0.3 is 0 Å². The van der Waals surface area contributed by atoms with E-state index in [1.807, 2.05) is 0 Å². The highest BCUT2D eigenvalue weighted by Crippen LogP contribution is 2.31. The van der Waals surface area contributed by atoms with Gasteiger partial charge in [0.05, 0.1) is 6.61 Å². The molecule has 0 unspecified atom stereocenters. The summed E-state index contributed by atoms with van der Waals surface area (Å²) in [4.78, 5) is 4.64. The zero-order chi connectivity index (χ0) is 17.1. The normalized spacial score (nSPS) is 15.9. The molecule has 5 heteroatoms. The summed E-state index contributed by atoms with van der Waals surface area (Å²) in [5, 5.41) is 7.56. The minimum Gasteiger partial charge on any atom is -0.493 e. The van der Waals surface area contributed by atoms with Crippen molar-refractivity contribution >= 4 is 0 Å². The van der Waals surface area contributed by atoms with E-state index in [9.17, 15) is 0 Å². The molecule has 1 aromatic carbocycles. The molecule has 5 nitrogen and oxygen atoms in total. The highest BCUT2D eigenvalue weighted by molar-refractivity contribution is 5.61. The number of benzene rings is 1. The number of hydrogen-bond acceptors (Lipinski definition) is 5. The monoisotopic (exact) mass is 329 g/mol. The molecule has 0 saturated carbocycles. The van der Waals surface area contributed by atoms with Crippen molar-refractivity contribution < 1.29 is 9.26 Å². The lowest BCUT2D eigenvalue weighted by Gasteiger charge is -2.18. The fourth-order valence-corrected chi connectivity index (χ4v) is 3.14. The van der Waals surface area contributed by atoms with Crippen molar-refractivity contribution in [2.75, 3.05) is 19.7 Å². The largest absolute Gasteiger partial charge is 0.493 e. The van der Waals surface area contributed by atoms with Crippen molar-refractivity contribution in [3.63, 3.8) is 0 Å². The topological polar surface area (TPSA) is 60.2 Å². The molecule has 1 aliphatic heterocycles. The van der Waals surface area contributed by atoms with Gasteiger partial charge in [0.25, 0.3) is 0 Å². The molecule has 3 rings (SSSR count). The van der Waals surface area contributed by atoms with Crippen LogP contribution in [-0.2, 0) is 0 Å². The quantitative estimate of drug-likeness (QED) is 0.902. The Morgan fingerprint density at radius 1 is 1.21 bits per heavy atom. The number of rotatable bonds is 5. The van der Waals surface area contributed by atoms with Crippen LogP contribution in [0.3, 0.4) is 0 Å². The zero-order valence-corrected chi connectivity index (χ0v) is 15.1. The van der Waals surface area contributed by atoms with Gasteiger partial charge < -0.3 is 14.6 Å². The van der Waals surface area contributed by atoms with Gasteiger partial charge in [0, 0.05) is 11.5 Å². The number of nitrogens with one attached hydrogen (secondary N) is 1. The van der Waals surface area contributed by atoms with Crippen molar-refractivity contribution in [3.8, 4) is 17.1 Å². The number of piperidine rings is 1. The maximum Gasteiger partial charge on any atom is 0.230 e. The second-order valence-electron chi connectivity index (χ2n) is 7.12. The third-order valence-electron chi connectivity index (χ3n) is 4.41. The molecule has 0 amide bonds. The first kappa shape index (κ1) is 17.0. The molecular weight excluding hydrogens is 302 g/mol. The van der Waals surface area contributed by atoms with E-state index >= 15 is 0 Å². The van der Waals surface area contributed by atoms with E-state index in [-0.39, 0.29) is 0 Å². The molecular formula is C19H27N3O2. The molecule has 24 heavy (non-hydrogen) atoms. The fraction of sp³-hybridized carbons (Fsp3) is 0.579. The molecule has 0 spiro atoms. The van der Waals surface area contributed by atoms with Gasteiger partial charge in [-0.3, -0.25) is 0 Å². The van der Waals surface area contributed by atoms with E-state index in [1.54, 1.807) is 0 Å². The maximum absolute atomic E-state index is 5.95. The van der Waals surface area contributed by atoms with Crippen molar-refractivity contribution in [2.45, 2.75) is 46.5 Å². The number of ether oxygens (including phenoxy) is 1. The van der Waals surface area contributed by atoms with Crippen molar-refractivity contribution in [3.05, 3.63) is 29.2 Å². The van der Waals surface area contributed by atoms with E-state index in [0.717, 1.165) is 60.9 Å². The Hall–Kier alpha value is -1.88. The van der Waals surface area contributed by atoms with Crippen LogP contribution in [0.15, 0.2) is 16.7 Å². The lowest BCUT2D eigenvalue weighted by Crippen LogP contribution is -2.26. The molecule has 1 fully saturated rings. The summed E-state index contributed by atoms with van der Waals surface area (Å²) < 4.78 is 11.5. The minimum absolute atomic E-state index is 0.378. The van der Waals surface area contributed by atoms with Gasteiger partial charge in [0.15, 0.2) is 0 Å². The second kappa shape index (κ2) is 7.34. The van der Waals surface area contributed by atoms with Crippen LogP contribution in [0, 0.1) is 19.8 Å². The Kier molecular flexibility index (Phi) is 5.19. The third-order valence-corrected chi connectivity index (χ3v) is 4.41. The molecule has 0 radical (unpaired) electrons. The second-order valence-corrected chi connectivity index (χ2v) is 7.12. The van der Waals surface area contributed by atoms with Crippen LogP contribution in [-0.4, -0.2) is 29.8 Å². The molecule has 0 aliphatic carbocycles. The zero-order valence-electron chi connectivity index (χ0n) is 15.1. The summed E-state index contributed by atoms with van der Waals surface area (Å²) in [6, 6.07) is 4.17. The number of hydrogen-bond donors (Lipinski definition) is 1. The van der Waals surface area contributed by atoms with Crippen LogP contribution >= 0.6 is 0 Å². The van der Waals surface area contributed by atoms with Gasteiger partial charge in [-0.2, -0.15) is 4.98 Å². The van der Waals surface area contributed by atoms with E-state index in [2.05, 4.69) is 55.3 Å². The molecule has 130 valence electrons. The van der Waals surface area contributed by atoms with Crippen LogP contribution in [0.5, 0.6) is 5.75 Å². The predicted octanol–water partition coefficient (Wildman–Crippen LogP) is 3.86. The molecule has 1 saturated heterocycles. The average molecular weight is 329 g/mol. The predicted molar refractivity (Wildman–Crippen MR) is 94.4 cm³/mol. The molecule has 2 aromatic rings. The first-order valence-corrected chi connectivity index (χ1v) is 8.83. The molecule has 1 aliphatic rings. The van der Waals surface area contributed by atoms with E-state index in [4.69, 9.17) is 9.26 Å². The van der Waals surface area contributed by atoms with Crippen LogP contribution < -0.4 is 10.1 Å². The van der Waals surface area contributed by atoms with Gasteiger partial charge in [0.1, 0.15) is 5.75 Å². The fourth-order valence-electron chi connectivity index (χ4n) is 3.14. The first-order valence-electron chi connectivity index (χ1n) is 8.83. The molecule has 0 atom stereocenters. The first-order chi connectivity index (χ1) is 11.5. The van der Waals surface area contributed by atoms with Gasteiger partial charge in [0.2, 0.25) is 11.7 Å². The standard InChI is InChI=1S/C19H27N3O2/c1-12(2)11-23-17-13(3)9-16(10-14(17)4)18-21-19(24-22-18)15-5-7-20-8-6-15/h9-10,12,15,20H,5-8,11H2,1-4H3. The van der Waals surface area contributed by atoms with Crippen LogP contribution in [0.25, 0.3) is 11.4 Å². The highest BCUT2D eigenvalue weighted by atomic mass is 16.5. The summed E-state index contributed by atoms with van der Waals surface area (Å²) in [5.74, 6) is 3.29. The van der Waals surface area contributed by atoms with Crippen LogP contribution in [0.2, 0.25) is 0 Å². The van der Waals surface area contributed by atoms with Gasteiger partial charge in [-0.05, 0) is 69.0 Å². The molecule has 1 N–H and O–H groups in total. The van der Waals surface area contributed by atoms with Crippen molar-refractivity contribution in [1.82, 2.24) is 15.5 Å². The summed E-state index contributed by atoms with van der Waals surface area (Å²) in [7, 11) is 0. The summed E-state index contributed by atoms with van der Waals surface area (Å²) in [6.45, 7) is 11.2. The van der Waals surface area contributed by atoms with Crippen molar-refractivity contribution in [2.24, 2.45) is 5.92 Å². The smallest absolute Gasteiger partial charge is 0.230 e. The van der Waals surface area contributed by atoms with Gasteiger partial charge in [-0.1, -0.05) is 19.0 Å².